The van der Waals surface area contributed by atoms with Crippen LogP contribution in [-0.4, -0.2) is 141 Å². The molecule has 7 N–H and O–H groups in total. The van der Waals surface area contributed by atoms with Crippen molar-refractivity contribution in [3.05, 3.63) is 0 Å². The standard InChI is InChI=1S/C32H63N3O9/c1-11-24-32(8,41)27(38)22(6)35(14-12-13-33)17-18(2)16-31(7,40)28(20(4)25(36)21(5)29(39)43-24)44-30-26(37)23(34(9)10)15-19(3)42-30/h18-28,30,36-38,40-41H,11-17,33H2,1-10H3/t18-,19-,20+,21-,22?,23+,24-,25+,26-,27-,28-,30-,31-,32-/m1/s1. The number of carbonyl (C=O) groups excluding carboxylic acids is 1. The van der Waals surface area contributed by atoms with Crippen molar-refractivity contribution in [2.24, 2.45) is 23.5 Å². The van der Waals surface area contributed by atoms with E-state index in [1.165, 1.54) is 13.8 Å². The number of nitrogens with zero attached hydrogens (tertiary/aromatic N) is 2. The Bertz CT molecular complexity index is 891. The van der Waals surface area contributed by atoms with E-state index in [4.69, 9.17) is 19.9 Å². The number of nitrogens with two attached hydrogens (primary N) is 1. The van der Waals surface area contributed by atoms with E-state index in [0.717, 1.165) is 0 Å². The average molecular weight is 634 g/mol. The van der Waals surface area contributed by atoms with Gasteiger partial charge in [-0.1, -0.05) is 20.8 Å². The SMILES string of the molecule is CC[C@H]1OC(=O)[C@H](C)[C@@H](O)[C@H](C)[C@@H](O[C@H]2O[C@H](C)C[C@H](N(C)C)[C@H]2O)[C@](C)(O)C[C@@H](C)CN(CCCN)C(C)[C@@H](O)[C@]1(C)O. The normalized spacial score (nSPS) is 45.9. The van der Waals surface area contributed by atoms with E-state index in [9.17, 15) is 30.3 Å². The lowest BCUT2D eigenvalue weighted by Crippen LogP contribution is -2.59. The third-order valence-electron chi connectivity index (χ3n) is 9.94. The second-order valence-electron chi connectivity index (χ2n) is 14.3. The molecule has 0 amide bonds. The van der Waals surface area contributed by atoms with Gasteiger partial charge in [-0.2, -0.15) is 0 Å². The van der Waals surface area contributed by atoms with Crippen molar-refractivity contribution < 1.29 is 44.5 Å². The molecule has 0 bridgehead atoms. The number of likely N-dealkylation sites (N-methyl/N-ethyl adjacent to an activating group) is 1. The van der Waals surface area contributed by atoms with Crippen molar-refractivity contribution in [2.45, 2.75) is 147 Å². The number of hydrogen-bond acceptors (Lipinski definition) is 12. The Morgan fingerprint density at radius 2 is 1.68 bits per heavy atom. The largest absolute Gasteiger partial charge is 0.459 e. The lowest BCUT2D eigenvalue weighted by Gasteiger charge is -2.46. The number of aliphatic hydroxyl groups excluding tert-OH is 3. The van der Waals surface area contributed by atoms with Crippen molar-refractivity contribution in [3.63, 3.8) is 0 Å². The highest BCUT2D eigenvalue weighted by Crippen LogP contribution is 2.36. The lowest BCUT2D eigenvalue weighted by atomic mass is 9.78. The molecule has 260 valence electrons. The average Bonchev–Trinajstić information content (AvgIpc) is 2.94. The first-order valence-electron chi connectivity index (χ1n) is 16.4. The van der Waals surface area contributed by atoms with Crippen LogP contribution in [0.15, 0.2) is 0 Å². The highest BCUT2D eigenvalue weighted by atomic mass is 16.7. The molecular formula is C32H63N3O9. The van der Waals surface area contributed by atoms with Gasteiger partial charge in [-0.3, -0.25) is 9.69 Å². The Labute approximate surface area is 264 Å². The molecule has 44 heavy (non-hydrogen) atoms. The molecule has 0 saturated carbocycles. The summed E-state index contributed by atoms with van der Waals surface area (Å²) >= 11 is 0. The van der Waals surface area contributed by atoms with Gasteiger partial charge in [0.25, 0.3) is 0 Å². The Morgan fingerprint density at radius 3 is 2.23 bits per heavy atom. The molecule has 0 radical (unpaired) electrons. The van der Waals surface area contributed by atoms with Crippen LogP contribution < -0.4 is 5.73 Å². The molecule has 0 aliphatic carbocycles. The molecule has 0 spiro atoms. The van der Waals surface area contributed by atoms with Gasteiger partial charge in [-0.15, -0.1) is 0 Å². The highest BCUT2D eigenvalue weighted by molar-refractivity contribution is 5.73. The number of ether oxygens (including phenoxy) is 3. The predicted octanol–water partition coefficient (Wildman–Crippen LogP) is 0.695. The van der Waals surface area contributed by atoms with Crippen molar-refractivity contribution >= 4 is 5.97 Å². The van der Waals surface area contributed by atoms with Gasteiger partial charge in [0.1, 0.15) is 23.9 Å². The van der Waals surface area contributed by atoms with E-state index in [2.05, 4.69) is 0 Å². The van der Waals surface area contributed by atoms with Crippen LogP contribution >= 0.6 is 0 Å². The van der Waals surface area contributed by atoms with Crippen LogP contribution in [0.5, 0.6) is 0 Å². The number of esters is 1. The number of carbonyl (C=O) groups is 1. The van der Waals surface area contributed by atoms with Crippen LogP contribution in [0.25, 0.3) is 0 Å². The zero-order chi connectivity index (χ0) is 33.7. The molecule has 2 aliphatic heterocycles. The van der Waals surface area contributed by atoms with E-state index in [1.807, 2.05) is 44.7 Å². The van der Waals surface area contributed by atoms with Gasteiger partial charge in [0.2, 0.25) is 0 Å². The van der Waals surface area contributed by atoms with Crippen molar-refractivity contribution in [3.8, 4) is 0 Å². The van der Waals surface area contributed by atoms with Gasteiger partial charge < -0.3 is 50.4 Å². The van der Waals surface area contributed by atoms with Gasteiger partial charge in [0, 0.05) is 24.5 Å². The minimum atomic E-state index is -1.78. The first-order valence-corrected chi connectivity index (χ1v) is 16.4. The second kappa shape index (κ2) is 16.3. The maximum Gasteiger partial charge on any atom is 0.311 e. The molecule has 0 aromatic heterocycles. The molecule has 2 saturated heterocycles. The summed E-state index contributed by atoms with van der Waals surface area (Å²) in [5.74, 6) is -2.73. The minimum Gasteiger partial charge on any atom is -0.459 e. The van der Waals surface area contributed by atoms with Crippen LogP contribution in [-0.2, 0) is 19.0 Å². The van der Waals surface area contributed by atoms with Gasteiger partial charge in [0.15, 0.2) is 6.29 Å². The molecule has 2 aliphatic rings. The van der Waals surface area contributed by atoms with E-state index >= 15 is 0 Å². The molecule has 1 unspecified atom stereocenters. The van der Waals surface area contributed by atoms with Gasteiger partial charge in [-0.25, -0.2) is 0 Å². The zero-order valence-electron chi connectivity index (χ0n) is 28.7. The molecule has 12 heteroatoms. The molecular weight excluding hydrogens is 570 g/mol. The van der Waals surface area contributed by atoms with E-state index in [0.29, 0.717) is 32.5 Å². The van der Waals surface area contributed by atoms with Crippen LogP contribution in [0.1, 0.15) is 81.1 Å². The third kappa shape index (κ3) is 9.33. The summed E-state index contributed by atoms with van der Waals surface area (Å²) < 4.78 is 18.2. The molecule has 2 rings (SSSR count). The number of aliphatic hydroxyl groups is 5. The van der Waals surface area contributed by atoms with Gasteiger partial charge in [-0.05, 0) is 93.4 Å². The van der Waals surface area contributed by atoms with Gasteiger partial charge in [0.05, 0.1) is 29.8 Å². The topological polar surface area (TPSA) is 178 Å². The van der Waals surface area contributed by atoms with E-state index in [1.54, 1.807) is 20.8 Å². The highest BCUT2D eigenvalue weighted by Gasteiger charge is 2.50. The monoisotopic (exact) mass is 633 g/mol. The smallest absolute Gasteiger partial charge is 0.311 e. The quantitative estimate of drug-likeness (QED) is 0.217. The zero-order valence-corrected chi connectivity index (χ0v) is 28.7. The summed E-state index contributed by atoms with van der Waals surface area (Å²) in [6.45, 7) is 15.2. The summed E-state index contributed by atoms with van der Waals surface area (Å²) in [5, 5.41) is 57.8. The fraction of sp³-hybridized carbons (Fsp3) is 0.969. The molecule has 2 heterocycles. The van der Waals surface area contributed by atoms with E-state index < -0.39 is 71.9 Å². The summed E-state index contributed by atoms with van der Waals surface area (Å²) in [6, 6.07) is -0.780. The maximum atomic E-state index is 13.4. The van der Waals surface area contributed by atoms with Crippen molar-refractivity contribution in [1.82, 2.24) is 9.80 Å². The van der Waals surface area contributed by atoms with E-state index in [-0.39, 0.29) is 30.9 Å². The number of cyclic esters (lactones) is 1. The third-order valence-corrected chi connectivity index (χ3v) is 9.94. The molecule has 12 nitrogen and oxygen atoms in total. The summed E-state index contributed by atoms with van der Waals surface area (Å²) in [7, 11) is 3.75. The Balaban J connectivity index is 2.58. The fourth-order valence-corrected chi connectivity index (χ4v) is 7.19. The molecule has 0 aromatic rings. The summed E-state index contributed by atoms with van der Waals surface area (Å²) in [6.07, 6.45) is -5.26. The molecule has 2 fully saturated rings. The van der Waals surface area contributed by atoms with Crippen LogP contribution in [0, 0.1) is 17.8 Å². The number of hydrogen-bond donors (Lipinski definition) is 6. The van der Waals surface area contributed by atoms with Crippen LogP contribution in [0.4, 0.5) is 0 Å². The van der Waals surface area contributed by atoms with Crippen molar-refractivity contribution in [1.29, 1.82) is 0 Å². The van der Waals surface area contributed by atoms with Crippen LogP contribution in [0.3, 0.4) is 0 Å². The Hall–Kier alpha value is -0.930. The maximum absolute atomic E-state index is 13.4. The fourth-order valence-electron chi connectivity index (χ4n) is 7.19. The van der Waals surface area contributed by atoms with Crippen LogP contribution in [0.2, 0.25) is 0 Å². The number of rotatable bonds is 7. The first-order chi connectivity index (χ1) is 20.3. The minimum absolute atomic E-state index is 0.133. The van der Waals surface area contributed by atoms with Crippen molar-refractivity contribution in [2.75, 3.05) is 33.7 Å². The Morgan fingerprint density at radius 1 is 1.07 bits per heavy atom. The lowest BCUT2D eigenvalue weighted by molar-refractivity contribution is -0.299. The summed E-state index contributed by atoms with van der Waals surface area (Å²) in [4.78, 5) is 17.4. The predicted molar refractivity (Wildman–Crippen MR) is 168 cm³/mol. The Kier molecular flexibility index (Phi) is 14.5. The second-order valence-corrected chi connectivity index (χ2v) is 14.3. The van der Waals surface area contributed by atoms with Gasteiger partial charge >= 0.3 is 5.97 Å². The molecule has 14 atom stereocenters. The summed E-state index contributed by atoms with van der Waals surface area (Å²) in [5.41, 5.74) is 2.52. The molecule has 0 aromatic carbocycles. The first kappa shape index (κ1) is 39.2.